The highest BCUT2D eigenvalue weighted by molar-refractivity contribution is 5.79. The average molecular weight is 425 g/mol. The van der Waals surface area contributed by atoms with Crippen LogP contribution in [0.25, 0.3) is 5.65 Å². The maximum absolute atomic E-state index is 12.8. The number of aromatic nitrogens is 4. The number of methoxy groups -OCH3 is 2. The summed E-state index contributed by atoms with van der Waals surface area (Å²) in [6.07, 6.45) is 2.56. The molecule has 0 saturated carbocycles. The lowest BCUT2D eigenvalue weighted by Gasteiger charge is -2.32. The van der Waals surface area contributed by atoms with E-state index >= 15 is 0 Å². The first-order valence-corrected chi connectivity index (χ1v) is 10.5. The summed E-state index contributed by atoms with van der Waals surface area (Å²) in [4.78, 5) is 15.0. The maximum Gasteiger partial charge on any atom is 0.224 e. The number of ether oxygens (including phenoxy) is 2. The molecule has 3 aromatic rings. The Balaban J connectivity index is 1.34. The van der Waals surface area contributed by atoms with Gasteiger partial charge in [-0.1, -0.05) is 6.07 Å². The predicted octanol–water partition coefficient (Wildman–Crippen LogP) is 2.03. The molecule has 3 heterocycles. The smallest absolute Gasteiger partial charge is 0.224 e. The van der Waals surface area contributed by atoms with Crippen LogP contribution >= 0.6 is 0 Å². The molecule has 4 rings (SSSR count). The monoisotopic (exact) mass is 424 g/mol. The molecule has 0 bridgehead atoms. The highest BCUT2D eigenvalue weighted by Gasteiger charge is 2.26. The Morgan fingerprint density at radius 3 is 2.81 bits per heavy atom. The number of carbonyl (C=O) groups excluding carboxylic acids is 1. The van der Waals surface area contributed by atoms with Crippen molar-refractivity contribution in [2.45, 2.75) is 26.2 Å². The number of anilines is 1. The van der Waals surface area contributed by atoms with E-state index in [0.29, 0.717) is 24.6 Å². The number of hydrogen-bond acceptors (Lipinski definition) is 7. The van der Waals surface area contributed by atoms with Crippen LogP contribution in [0.5, 0.6) is 11.5 Å². The standard InChI is InChI=1S/C22H28N6O3/c1-15-24-25-20-8-9-21(26-28(15)20)27-12-4-5-17(14-27)22(29)23-11-10-16-6-7-18(30-2)19(13-16)31-3/h6-9,13,17H,4-5,10-12,14H2,1-3H3,(H,23,29). The van der Waals surface area contributed by atoms with E-state index in [1.54, 1.807) is 18.7 Å². The molecule has 31 heavy (non-hydrogen) atoms. The summed E-state index contributed by atoms with van der Waals surface area (Å²) in [5.41, 5.74) is 1.81. The van der Waals surface area contributed by atoms with E-state index < -0.39 is 0 Å². The molecule has 9 nitrogen and oxygen atoms in total. The molecule has 0 aliphatic carbocycles. The number of benzene rings is 1. The molecule has 1 aliphatic rings. The first-order valence-electron chi connectivity index (χ1n) is 10.5. The highest BCUT2D eigenvalue weighted by atomic mass is 16.5. The van der Waals surface area contributed by atoms with Gasteiger partial charge in [0.15, 0.2) is 23.0 Å². The third kappa shape index (κ3) is 4.55. The zero-order valence-electron chi connectivity index (χ0n) is 18.2. The van der Waals surface area contributed by atoms with Gasteiger partial charge in [0.1, 0.15) is 5.82 Å². The fourth-order valence-electron chi connectivity index (χ4n) is 3.96. The van der Waals surface area contributed by atoms with E-state index in [9.17, 15) is 4.79 Å². The van der Waals surface area contributed by atoms with Gasteiger partial charge in [-0.3, -0.25) is 4.79 Å². The number of amides is 1. The molecule has 1 fully saturated rings. The molecule has 1 saturated heterocycles. The fourth-order valence-corrected chi connectivity index (χ4v) is 3.96. The molecular formula is C22H28N6O3. The summed E-state index contributed by atoms with van der Waals surface area (Å²) in [6, 6.07) is 9.68. The van der Waals surface area contributed by atoms with Crippen molar-refractivity contribution < 1.29 is 14.3 Å². The van der Waals surface area contributed by atoms with Gasteiger partial charge >= 0.3 is 0 Å². The minimum absolute atomic E-state index is 0.0568. The van der Waals surface area contributed by atoms with Gasteiger partial charge in [-0.15, -0.1) is 15.3 Å². The van der Waals surface area contributed by atoms with Gasteiger partial charge in [0.25, 0.3) is 0 Å². The Hall–Kier alpha value is -3.36. The highest BCUT2D eigenvalue weighted by Crippen LogP contribution is 2.27. The number of hydrogen-bond donors (Lipinski definition) is 1. The lowest BCUT2D eigenvalue weighted by atomic mass is 9.97. The van der Waals surface area contributed by atoms with Crippen LogP contribution in [0.15, 0.2) is 30.3 Å². The summed E-state index contributed by atoms with van der Waals surface area (Å²) in [5, 5.41) is 15.9. The van der Waals surface area contributed by atoms with Crippen LogP contribution in [-0.2, 0) is 11.2 Å². The lowest BCUT2D eigenvalue weighted by Crippen LogP contribution is -2.44. The first-order chi connectivity index (χ1) is 15.1. The Bertz CT molecular complexity index is 1070. The number of fused-ring (bicyclic) bond motifs is 1. The van der Waals surface area contributed by atoms with Crippen LogP contribution in [-0.4, -0.2) is 59.6 Å². The van der Waals surface area contributed by atoms with Crippen LogP contribution in [0.1, 0.15) is 24.2 Å². The second-order valence-corrected chi connectivity index (χ2v) is 7.72. The topological polar surface area (TPSA) is 93.9 Å². The second-order valence-electron chi connectivity index (χ2n) is 7.72. The van der Waals surface area contributed by atoms with E-state index in [-0.39, 0.29) is 11.8 Å². The number of piperidine rings is 1. The molecule has 0 radical (unpaired) electrons. The summed E-state index contributed by atoms with van der Waals surface area (Å²) in [5.74, 6) is 3.02. The number of aryl methyl sites for hydroxylation is 1. The first kappa shape index (κ1) is 20.9. The van der Waals surface area contributed by atoms with Crippen molar-refractivity contribution in [2.24, 2.45) is 5.92 Å². The number of nitrogens with one attached hydrogen (secondary N) is 1. The van der Waals surface area contributed by atoms with Crippen LogP contribution in [0, 0.1) is 12.8 Å². The molecule has 1 unspecified atom stereocenters. The molecular weight excluding hydrogens is 396 g/mol. The van der Waals surface area contributed by atoms with Crippen molar-refractivity contribution in [3.8, 4) is 11.5 Å². The third-order valence-corrected chi connectivity index (χ3v) is 5.68. The van der Waals surface area contributed by atoms with E-state index in [1.165, 1.54) is 0 Å². The average Bonchev–Trinajstić information content (AvgIpc) is 3.19. The van der Waals surface area contributed by atoms with E-state index in [2.05, 4.69) is 25.5 Å². The molecule has 2 aromatic heterocycles. The van der Waals surface area contributed by atoms with Gasteiger partial charge in [0.2, 0.25) is 5.91 Å². The molecule has 1 aromatic carbocycles. The largest absolute Gasteiger partial charge is 0.493 e. The van der Waals surface area contributed by atoms with Crippen molar-refractivity contribution in [2.75, 3.05) is 38.8 Å². The second kappa shape index (κ2) is 9.20. The SMILES string of the molecule is COc1ccc(CCNC(=O)C2CCCN(c3ccc4nnc(C)n4n3)C2)cc1OC. The van der Waals surface area contributed by atoms with Gasteiger partial charge in [-0.05, 0) is 56.0 Å². The Labute approximate surface area is 181 Å². The number of carbonyl (C=O) groups is 1. The normalized spacial score (nSPS) is 16.4. The van der Waals surface area contributed by atoms with Crippen molar-refractivity contribution in [1.82, 2.24) is 25.1 Å². The van der Waals surface area contributed by atoms with Gasteiger partial charge in [-0.2, -0.15) is 4.52 Å². The lowest BCUT2D eigenvalue weighted by molar-refractivity contribution is -0.125. The predicted molar refractivity (Wildman–Crippen MR) is 117 cm³/mol. The molecule has 1 amide bonds. The van der Waals surface area contributed by atoms with Crippen LogP contribution in [0.3, 0.4) is 0 Å². The third-order valence-electron chi connectivity index (χ3n) is 5.68. The van der Waals surface area contributed by atoms with Crippen molar-refractivity contribution in [3.63, 3.8) is 0 Å². The molecule has 164 valence electrons. The molecule has 1 aliphatic heterocycles. The molecule has 0 spiro atoms. The summed E-state index contributed by atoms with van der Waals surface area (Å²) in [7, 11) is 3.24. The summed E-state index contributed by atoms with van der Waals surface area (Å²) in [6.45, 7) is 3.99. The zero-order chi connectivity index (χ0) is 21.8. The van der Waals surface area contributed by atoms with Crippen molar-refractivity contribution in [3.05, 3.63) is 41.7 Å². The van der Waals surface area contributed by atoms with E-state index in [1.807, 2.05) is 37.3 Å². The Morgan fingerprint density at radius 1 is 1.16 bits per heavy atom. The van der Waals surface area contributed by atoms with Gasteiger partial charge < -0.3 is 19.7 Å². The number of nitrogens with zero attached hydrogens (tertiary/aromatic N) is 5. The van der Waals surface area contributed by atoms with Crippen LogP contribution in [0.4, 0.5) is 5.82 Å². The summed E-state index contributed by atoms with van der Waals surface area (Å²) >= 11 is 0. The van der Waals surface area contributed by atoms with E-state index in [0.717, 1.165) is 48.7 Å². The van der Waals surface area contributed by atoms with Crippen molar-refractivity contribution in [1.29, 1.82) is 0 Å². The van der Waals surface area contributed by atoms with Gasteiger partial charge in [0, 0.05) is 19.6 Å². The van der Waals surface area contributed by atoms with Crippen molar-refractivity contribution >= 4 is 17.4 Å². The van der Waals surface area contributed by atoms with E-state index in [4.69, 9.17) is 9.47 Å². The quantitative estimate of drug-likeness (QED) is 0.620. The van der Waals surface area contributed by atoms with Crippen LogP contribution in [0.2, 0.25) is 0 Å². The fraction of sp³-hybridized carbons (Fsp3) is 0.455. The molecule has 1 N–H and O–H groups in total. The molecule has 1 atom stereocenters. The number of rotatable bonds is 7. The van der Waals surface area contributed by atoms with Gasteiger partial charge in [-0.25, -0.2) is 0 Å². The Morgan fingerprint density at radius 2 is 2.00 bits per heavy atom. The van der Waals surface area contributed by atoms with Gasteiger partial charge in [0.05, 0.1) is 20.1 Å². The molecule has 9 heteroatoms. The minimum atomic E-state index is -0.0568. The maximum atomic E-state index is 12.8. The van der Waals surface area contributed by atoms with Crippen LogP contribution < -0.4 is 19.7 Å². The Kier molecular flexibility index (Phi) is 6.20. The zero-order valence-corrected chi connectivity index (χ0v) is 18.2. The summed E-state index contributed by atoms with van der Waals surface area (Å²) < 4.78 is 12.4. The minimum Gasteiger partial charge on any atom is -0.493 e.